The number of nitrogens with zero attached hydrogens (tertiary/aromatic N) is 6. The van der Waals surface area contributed by atoms with E-state index in [-0.39, 0.29) is 82.2 Å². The van der Waals surface area contributed by atoms with Gasteiger partial charge in [0.1, 0.15) is 53.4 Å². The van der Waals surface area contributed by atoms with Gasteiger partial charge in [-0.1, -0.05) is 72.6 Å². The fraction of sp³-hybridized carbons (Fsp3) is 0.578. The molecule has 5 aromatic rings. The number of ether oxygens (including phenoxy) is 2. The molecule has 15 nitrogen and oxygen atoms in total. The van der Waals surface area contributed by atoms with Gasteiger partial charge in [-0.2, -0.15) is 9.97 Å². The number of amides is 2. The molecule has 17 heteroatoms. The highest BCUT2D eigenvalue weighted by Crippen LogP contribution is 2.44. The van der Waals surface area contributed by atoms with Crippen LogP contribution in [0, 0.1) is 37.3 Å². The lowest BCUT2D eigenvalue weighted by Gasteiger charge is -2.34. The van der Waals surface area contributed by atoms with Gasteiger partial charge in [-0.25, -0.2) is 13.6 Å². The Kier molecular flexibility index (Phi) is 22.0. The largest absolute Gasteiger partial charge is 0.508 e. The highest BCUT2D eigenvalue weighted by Gasteiger charge is 2.50. The lowest BCUT2D eigenvalue weighted by Crippen LogP contribution is -2.48. The third-order valence-electron chi connectivity index (χ3n) is 17.1. The molecule has 2 amide bonds. The highest BCUT2D eigenvalue weighted by molar-refractivity contribution is 6.02. The normalized spacial score (nSPS) is 20.8. The third-order valence-corrected chi connectivity index (χ3v) is 17.1. The van der Waals surface area contributed by atoms with Crippen molar-refractivity contribution in [1.29, 1.82) is 0 Å². The Morgan fingerprint density at radius 1 is 0.938 bits per heavy atom. The standard InChI is InChI=1S/C44H58F2N6O5.C12H17NO.C8H12O2/c1-5-10-29(14-12-27(4)6-2)48-43(55)56-25-30-16-18-44(17-9-20-52(30)44)26-57-42-49-40-35(41(50-42)51-19-8-11-31(53)24-51)23-47-39(38(40)46)34-22-32(54)21-28-13-15-36(45)33(7-3)37(28)34;1-5-12(14)13(4)11-8-9(2)6-7-10(11)3;1-6-2-3-7(9)4-5-8(6)10/h13,15,21-23,27,29-31,53-54H,5-12,14,16-20,24-26H2,1-4H3,(H,48,55);6-8H,5H2,1-4H3;6H,2-5H2,1H3. The molecule has 6 atom stereocenters. The summed E-state index contributed by atoms with van der Waals surface area (Å²) >= 11 is 0. The van der Waals surface area contributed by atoms with Crippen LogP contribution >= 0.6 is 0 Å². The fourth-order valence-electron chi connectivity index (χ4n) is 12.0. The molecule has 9 rings (SSSR count). The summed E-state index contributed by atoms with van der Waals surface area (Å²) in [6, 6.07) is 12.2. The summed E-state index contributed by atoms with van der Waals surface area (Å²) in [5, 5.41) is 25.8. The number of β-amino-alcohol motifs (C(OH)–C–C–N with tert-alkyl or cyclic N) is 1. The maximum atomic E-state index is 17.0. The Bertz CT molecular complexity index is 3010. The molecule has 1 aliphatic carbocycles. The van der Waals surface area contributed by atoms with Gasteiger partial charge in [-0.15, -0.1) is 0 Å². The first kappa shape index (κ1) is 62.3. The summed E-state index contributed by atoms with van der Waals surface area (Å²) in [6.45, 7) is 18.6. The van der Waals surface area contributed by atoms with Gasteiger partial charge in [0, 0.05) is 81.3 Å². The number of carbonyl (C=O) groups excluding carboxylic acids is 4. The summed E-state index contributed by atoms with van der Waals surface area (Å²) in [4.78, 5) is 66.4. The zero-order valence-electron chi connectivity index (χ0n) is 49.3. The number of halogens is 2. The van der Waals surface area contributed by atoms with E-state index >= 15 is 8.78 Å². The maximum Gasteiger partial charge on any atom is 0.407 e. The van der Waals surface area contributed by atoms with E-state index in [2.05, 4.69) is 47.0 Å². The van der Waals surface area contributed by atoms with Crippen LogP contribution < -0.4 is 19.9 Å². The molecular weight excluding hydrogens is 1030 g/mol. The number of Topliss-reactive ketones (excluding diaryl/α,β-unsaturated/α-hetero) is 2. The second-order valence-electron chi connectivity index (χ2n) is 23.1. The molecule has 1 saturated carbocycles. The molecule has 0 bridgehead atoms. The van der Waals surface area contributed by atoms with Crippen LogP contribution in [0.25, 0.3) is 32.9 Å². The van der Waals surface area contributed by atoms with Crippen molar-refractivity contribution < 1.29 is 47.6 Å². The van der Waals surface area contributed by atoms with Gasteiger partial charge in [0.2, 0.25) is 5.91 Å². The van der Waals surface area contributed by atoms with Gasteiger partial charge >= 0.3 is 12.1 Å². The van der Waals surface area contributed by atoms with Gasteiger partial charge in [0.05, 0.1) is 17.0 Å². The average Bonchev–Trinajstić information content (AvgIpc) is 4.18. The molecule has 2 aromatic heterocycles. The van der Waals surface area contributed by atoms with Crippen molar-refractivity contribution >= 4 is 56.7 Å². The van der Waals surface area contributed by atoms with E-state index in [1.807, 2.05) is 58.7 Å². The molecule has 5 heterocycles. The number of hydrogen-bond acceptors (Lipinski definition) is 13. The minimum atomic E-state index is -0.741. The topological polar surface area (TPSA) is 188 Å². The number of pyridine rings is 1. The van der Waals surface area contributed by atoms with E-state index in [4.69, 9.17) is 14.5 Å². The summed E-state index contributed by atoms with van der Waals surface area (Å²) in [7, 11) is 1.83. The van der Waals surface area contributed by atoms with Crippen LogP contribution in [0.15, 0.2) is 48.7 Å². The van der Waals surface area contributed by atoms with E-state index < -0.39 is 17.7 Å². The minimum absolute atomic E-state index is 0.00864. The molecule has 3 aromatic carbocycles. The Morgan fingerprint density at radius 2 is 1.73 bits per heavy atom. The van der Waals surface area contributed by atoms with Crippen molar-refractivity contribution in [3.05, 3.63) is 77.0 Å². The predicted octanol–water partition coefficient (Wildman–Crippen LogP) is 12.5. The van der Waals surface area contributed by atoms with Crippen LogP contribution in [0.4, 0.5) is 25.1 Å². The number of aliphatic hydroxyl groups is 1. The number of anilines is 2. The molecule has 81 heavy (non-hydrogen) atoms. The van der Waals surface area contributed by atoms with Gasteiger partial charge in [-0.05, 0) is 149 Å². The number of nitrogens with one attached hydrogen (secondary N) is 1. The van der Waals surface area contributed by atoms with Gasteiger partial charge in [0.15, 0.2) is 5.82 Å². The summed E-state index contributed by atoms with van der Waals surface area (Å²) < 4.78 is 44.4. The quantitative estimate of drug-likeness (QED) is 0.0747. The van der Waals surface area contributed by atoms with E-state index in [0.29, 0.717) is 91.7 Å². The van der Waals surface area contributed by atoms with Crippen LogP contribution in [-0.2, 0) is 25.5 Å². The van der Waals surface area contributed by atoms with Gasteiger partial charge in [0.25, 0.3) is 0 Å². The van der Waals surface area contributed by atoms with E-state index in [1.54, 1.807) is 11.0 Å². The molecule has 3 aliphatic heterocycles. The number of alkyl carbamates (subject to hydrolysis) is 1. The second-order valence-corrected chi connectivity index (χ2v) is 23.1. The Balaban J connectivity index is 0.000000324. The predicted molar refractivity (Wildman–Crippen MR) is 315 cm³/mol. The van der Waals surface area contributed by atoms with Crippen LogP contribution in [-0.4, -0.2) is 117 Å². The summed E-state index contributed by atoms with van der Waals surface area (Å²) in [5.74, 6) is 0.558. The van der Waals surface area contributed by atoms with Crippen LogP contribution in [0.1, 0.15) is 161 Å². The molecule has 6 unspecified atom stereocenters. The zero-order valence-corrected chi connectivity index (χ0v) is 49.3. The maximum absolute atomic E-state index is 17.0. The monoisotopic (exact) mass is 1120 g/mol. The molecule has 4 aliphatic rings. The number of aliphatic hydroxyl groups excluding tert-OH is 1. The highest BCUT2D eigenvalue weighted by atomic mass is 19.1. The van der Waals surface area contributed by atoms with Crippen molar-refractivity contribution in [2.24, 2.45) is 11.8 Å². The Morgan fingerprint density at radius 3 is 2.46 bits per heavy atom. The second kappa shape index (κ2) is 28.6. The number of aryl methyl sites for hydroxylation is 3. The number of aromatic nitrogens is 3. The van der Waals surface area contributed by atoms with Crippen molar-refractivity contribution in [2.45, 2.75) is 188 Å². The first-order valence-corrected chi connectivity index (χ1v) is 29.7. The molecule has 4 fully saturated rings. The summed E-state index contributed by atoms with van der Waals surface area (Å²) in [6.07, 6.45) is 13.8. The molecule has 3 N–H and O–H groups in total. The number of phenolic OH excluding ortho intramolecular Hbond substituents is 1. The first-order valence-electron chi connectivity index (χ1n) is 29.7. The number of aromatic hydroxyl groups is 1. The SMILES string of the molecule is CC1CCC(=O)CCC1=O.CCC(=O)N(C)c1cc(C)ccc1C.CCCC(CCC(C)CC)NC(=O)OCC1CCC2(COc3nc(N4CCCC(O)C4)c4cnc(-c5cc(O)cc6ccc(F)c(CC)c56)c(F)c4n3)CCCN12. The lowest BCUT2D eigenvalue weighted by atomic mass is 9.94. The van der Waals surface area contributed by atoms with E-state index in [1.165, 1.54) is 30.0 Å². The number of piperidine rings is 1. The van der Waals surface area contributed by atoms with Crippen LogP contribution in [0.3, 0.4) is 0 Å². The molecule has 0 spiro atoms. The number of fused-ring (bicyclic) bond motifs is 3. The number of benzene rings is 3. The van der Waals surface area contributed by atoms with Crippen LogP contribution in [0.5, 0.6) is 11.8 Å². The van der Waals surface area contributed by atoms with Crippen molar-refractivity contribution in [3.8, 4) is 23.0 Å². The fourth-order valence-corrected chi connectivity index (χ4v) is 12.0. The number of phenols is 1. The third kappa shape index (κ3) is 15.4. The number of carbonyl (C=O) groups is 4. The van der Waals surface area contributed by atoms with Crippen LogP contribution in [0.2, 0.25) is 0 Å². The van der Waals surface area contributed by atoms with E-state index in [9.17, 15) is 29.4 Å². The van der Waals surface area contributed by atoms with Crippen molar-refractivity contribution in [2.75, 3.05) is 49.7 Å². The first-order chi connectivity index (χ1) is 38.8. The summed E-state index contributed by atoms with van der Waals surface area (Å²) in [5.41, 5.74) is 3.60. The van der Waals surface area contributed by atoms with Gasteiger partial charge in [-0.3, -0.25) is 24.3 Å². The molecule has 3 saturated heterocycles. The average molecular weight is 1120 g/mol. The number of rotatable bonds is 17. The molecule has 440 valence electrons. The van der Waals surface area contributed by atoms with Crippen molar-refractivity contribution in [1.82, 2.24) is 25.2 Å². The van der Waals surface area contributed by atoms with E-state index in [0.717, 1.165) is 88.4 Å². The zero-order chi connectivity index (χ0) is 58.5. The smallest absolute Gasteiger partial charge is 0.407 e. The van der Waals surface area contributed by atoms with Crippen molar-refractivity contribution in [3.63, 3.8) is 0 Å². The Hall–Kier alpha value is -6.33. The lowest BCUT2D eigenvalue weighted by molar-refractivity contribution is -0.123. The molecular formula is C64H87F2N7O8. The number of hydrogen-bond donors (Lipinski definition) is 3. The molecule has 0 radical (unpaired) electrons. The minimum Gasteiger partial charge on any atom is -0.508 e. The number of ketones is 2. The van der Waals surface area contributed by atoms with Gasteiger partial charge < -0.3 is 34.8 Å². The Labute approximate surface area is 477 Å².